The second-order valence-electron chi connectivity index (χ2n) is 12.3. The highest BCUT2D eigenvalue weighted by Gasteiger charge is 2.42. The first-order valence-electron chi connectivity index (χ1n) is 15.0. The Bertz CT molecular complexity index is 1440. The number of rotatable bonds is 11. The van der Waals surface area contributed by atoms with E-state index in [4.69, 9.17) is 15.2 Å². The van der Waals surface area contributed by atoms with Crippen LogP contribution >= 0.6 is 0 Å². The first kappa shape index (κ1) is 31.8. The molecule has 1 aromatic heterocycles. The van der Waals surface area contributed by atoms with E-state index in [9.17, 15) is 14.4 Å². The molecule has 43 heavy (non-hydrogen) atoms. The molecule has 2 amide bonds. The van der Waals surface area contributed by atoms with E-state index in [1.54, 1.807) is 11.8 Å². The van der Waals surface area contributed by atoms with Crippen molar-refractivity contribution < 1.29 is 23.9 Å². The zero-order valence-electron chi connectivity index (χ0n) is 25.7. The summed E-state index contributed by atoms with van der Waals surface area (Å²) in [6.07, 6.45) is 5.15. The number of nitrogens with two attached hydrogens (primary N) is 1. The summed E-state index contributed by atoms with van der Waals surface area (Å²) in [6.45, 7) is 8.26. The van der Waals surface area contributed by atoms with Gasteiger partial charge >= 0.3 is 6.16 Å². The number of nitrogens with zero attached hydrogens (tertiary/aromatic N) is 1. The van der Waals surface area contributed by atoms with Crippen molar-refractivity contribution in [3.8, 4) is 0 Å². The molecule has 1 fully saturated rings. The fraction of sp³-hybridized carbons (Fsp3) is 0.441. The van der Waals surface area contributed by atoms with Gasteiger partial charge < -0.3 is 30.4 Å². The average Bonchev–Trinajstić information content (AvgIpc) is 3.34. The van der Waals surface area contributed by atoms with Gasteiger partial charge in [0.15, 0.2) is 0 Å². The molecule has 4 rings (SSSR count). The van der Waals surface area contributed by atoms with Crippen molar-refractivity contribution in [1.29, 1.82) is 0 Å². The smallest absolute Gasteiger partial charge is 0.435 e. The molecular formula is C34H44N4O5. The quantitative estimate of drug-likeness (QED) is 0.213. The fourth-order valence-corrected chi connectivity index (χ4v) is 5.99. The third-order valence-corrected chi connectivity index (χ3v) is 7.61. The van der Waals surface area contributed by atoms with Gasteiger partial charge in [-0.1, -0.05) is 54.1 Å². The average molecular weight is 589 g/mol. The van der Waals surface area contributed by atoms with Gasteiger partial charge in [-0.15, -0.1) is 0 Å². The number of para-hydroxylation sites is 1. The summed E-state index contributed by atoms with van der Waals surface area (Å²) in [4.78, 5) is 45.0. The molecule has 0 saturated carbocycles. The Balaban J connectivity index is 1.61. The zero-order chi connectivity index (χ0) is 31.0. The number of ether oxygens (including phenoxy) is 2. The molecule has 3 aromatic rings. The Morgan fingerprint density at radius 1 is 1.14 bits per heavy atom. The van der Waals surface area contributed by atoms with Crippen molar-refractivity contribution in [2.75, 3.05) is 19.7 Å². The minimum atomic E-state index is -0.958. The van der Waals surface area contributed by atoms with Gasteiger partial charge in [-0.05, 0) is 64.2 Å². The van der Waals surface area contributed by atoms with E-state index in [0.29, 0.717) is 38.6 Å². The highest BCUT2D eigenvalue weighted by atomic mass is 16.7. The van der Waals surface area contributed by atoms with Crippen LogP contribution in [0.1, 0.15) is 58.1 Å². The Morgan fingerprint density at radius 3 is 2.58 bits per heavy atom. The van der Waals surface area contributed by atoms with E-state index in [2.05, 4.69) is 10.3 Å². The molecule has 1 aliphatic heterocycles. The summed E-state index contributed by atoms with van der Waals surface area (Å²) >= 11 is 0. The minimum Gasteiger partial charge on any atom is -0.435 e. The summed E-state index contributed by atoms with van der Waals surface area (Å²) in [5.74, 6) is -0.580. The summed E-state index contributed by atoms with van der Waals surface area (Å²) in [7, 11) is 0. The van der Waals surface area contributed by atoms with E-state index in [1.807, 2.05) is 81.6 Å². The van der Waals surface area contributed by atoms with Gasteiger partial charge in [0.05, 0.1) is 13.2 Å². The van der Waals surface area contributed by atoms with E-state index in [-0.39, 0.29) is 25.0 Å². The summed E-state index contributed by atoms with van der Waals surface area (Å²) in [6, 6.07) is 16.8. The van der Waals surface area contributed by atoms with Gasteiger partial charge in [0.2, 0.25) is 11.8 Å². The van der Waals surface area contributed by atoms with Gasteiger partial charge in [-0.25, -0.2) is 4.79 Å². The molecule has 0 unspecified atom stereocenters. The van der Waals surface area contributed by atoms with Crippen LogP contribution < -0.4 is 11.1 Å². The molecule has 2 aromatic carbocycles. The lowest BCUT2D eigenvalue weighted by atomic mass is 9.85. The molecule has 0 aliphatic carbocycles. The Hall–Kier alpha value is -4.11. The van der Waals surface area contributed by atoms with Crippen LogP contribution in [0.2, 0.25) is 0 Å². The maximum Gasteiger partial charge on any atom is 0.508 e. The molecule has 230 valence electrons. The number of nitrogens with one attached hydrogen (secondary N) is 2. The van der Waals surface area contributed by atoms with Gasteiger partial charge in [0.25, 0.3) is 0 Å². The van der Waals surface area contributed by atoms with Crippen LogP contribution in [0.3, 0.4) is 0 Å². The van der Waals surface area contributed by atoms with Crippen molar-refractivity contribution in [1.82, 2.24) is 15.2 Å². The summed E-state index contributed by atoms with van der Waals surface area (Å²) < 4.78 is 11.1. The lowest BCUT2D eigenvalue weighted by molar-refractivity contribution is -0.143. The molecule has 1 saturated heterocycles. The number of benzene rings is 2. The van der Waals surface area contributed by atoms with E-state index in [0.717, 1.165) is 27.6 Å². The molecule has 0 spiro atoms. The van der Waals surface area contributed by atoms with Gasteiger partial charge in [-0.2, -0.15) is 0 Å². The summed E-state index contributed by atoms with van der Waals surface area (Å²) in [5.41, 5.74) is 8.43. The number of carbonyl (C=O) groups is 3. The number of aromatic nitrogens is 1. The third-order valence-electron chi connectivity index (χ3n) is 7.61. The topological polar surface area (TPSA) is 127 Å². The SMILES string of the molecule is CCOC(=O)O[C@]1(Cc2ccccc2)CCCN(C(=O)[C@@H](Cc2c[nH]c3ccccc23)NC(=O)/C=C(\C)CC(C)(C)N)C1. The van der Waals surface area contributed by atoms with Gasteiger partial charge in [0.1, 0.15) is 11.6 Å². The van der Waals surface area contributed by atoms with E-state index >= 15 is 0 Å². The molecule has 0 bridgehead atoms. The molecule has 9 heteroatoms. The second-order valence-corrected chi connectivity index (χ2v) is 12.3. The fourth-order valence-electron chi connectivity index (χ4n) is 5.99. The van der Waals surface area contributed by atoms with Crippen molar-refractivity contribution in [3.05, 3.63) is 83.6 Å². The molecule has 0 radical (unpaired) electrons. The highest BCUT2D eigenvalue weighted by Crippen LogP contribution is 2.31. The van der Waals surface area contributed by atoms with Gasteiger partial charge in [-0.3, -0.25) is 9.59 Å². The predicted octanol–water partition coefficient (Wildman–Crippen LogP) is 5.05. The number of likely N-dealkylation sites (tertiary alicyclic amines) is 1. The third kappa shape index (κ3) is 8.94. The number of piperidine rings is 1. The molecular weight excluding hydrogens is 544 g/mol. The van der Waals surface area contributed by atoms with Crippen LogP contribution in [-0.4, -0.2) is 64.7 Å². The van der Waals surface area contributed by atoms with Crippen LogP contribution in [0.4, 0.5) is 4.79 Å². The Morgan fingerprint density at radius 2 is 1.86 bits per heavy atom. The zero-order valence-corrected chi connectivity index (χ0v) is 25.7. The molecule has 2 atom stereocenters. The predicted molar refractivity (Wildman–Crippen MR) is 167 cm³/mol. The molecule has 2 heterocycles. The Kier molecular flexibility index (Phi) is 10.3. The highest BCUT2D eigenvalue weighted by molar-refractivity contribution is 5.94. The number of aromatic amines is 1. The molecule has 1 aliphatic rings. The maximum atomic E-state index is 14.3. The van der Waals surface area contributed by atoms with Crippen LogP contribution in [0.5, 0.6) is 0 Å². The Labute approximate surface area is 253 Å². The number of amides is 2. The van der Waals surface area contributed by atoms with E-state index < -0.39 is 23.3 Å². The largest absolute Gasteiger partial charge is 0.508 e. The van der Waals surface area contributed by atoms with Crippen molar-refractivity contribution in [2.24, 2.45) is 5.73 Å². The lowest BCUT2D eigenvalue weighted by Crippen LogP contribution is -2.58. The van der Waals surface area contributed by atoms with Crippen LogP contribution in [0, 0.1) is 0 Å². The number of fused-ring (bicyclic) bond motifs is 1. The van der Waals surface area contributed by atoms with Crippen molar-refractivity contribution in [3.63, 3.8) is 0 Å². The summed E-state index contributed by atoms with van der Waals surface area (Å²) in [5, 5.41) is 3.97. The standard InChI is InChI=1S/C34H44N4O5/c1-5-42-32(41)43-34(21-25-12-7-6-8-13-25)16-11-17-38(23-34)31(40)29(37-30(39)18-24(2)20-33(3,4)35)19-26-22-36-28-15-10-9-14-27(26)28/h6-10,12-15,18,22,29,36H,5,11,16-17,19-21,23,35H2,1-4H3,(H,37,39)/b24-18+/t29-,34+/m1/s1. The monoisotopic (exact) mass is 588 g/mol. The molecule has 4 N–H and O–H groups in total. The van der Waals surface area contributed by atoms with Gasteiger partial charge in [0, 0.05) is 48.1 Å². The van der Waals surface area contributed by atoms with E-state index in [1.165, 1.54) is 6.08 Å². The number of hydrogen-bond donors (Lipinski definition) is 3. The normalized spacial score (nSPS) is 18.3. The lowest BCUT2D eigenvalue weighted by Gasteiger charge is -2.43. The van der Waals surface area contributed by atoms with Crippen LogP contribution in [-0.2, 0) is 31.9 Å². The number of H-pyrrole nitrogens is 1. The number of carbonyl (C=O) groups excluding carboxylic acids is 3. The van der Waals surface area contributed by atoms with Crippen LogP contribution in [0.15, 0.2) is 72.4 Å². The second kappa shape index (κ2) is 13.9. The molecule has 9 nitrogen and oxygen atoms in total. The van der Waals surface area contributed by atoms with Crippen LogP contribution in [0.25, 0.3) is 10.9 Å². The first-order valence-corrected chi connectivity index (χ1v) is 15.0. The van der Waals surface area contributed by atoms with Crippen molar-refractivity contribution >= 4 is 28.9 Å². The first-order chi connectivity index (χ1) is 20.5. The number of hydrogen-bond acceptors (Lipinski definition) is 6. The van der Waals surface area contributed by atoms with Crippen molar-refractivity contribution in [2.45, 2.75) is 77.0 Å². The minimum absolute atomic E-state index is 0.190. The maximum absolute atomic E-state index is 14.3.